The summed E-state index contributed by atoms with van der Waals surface area (Å²) in [5.74, 6) is 0.574. The van der Waals surface area contributed by atoms with Crippen molar-refractivity contribution < 1.29 is 9.53 Å². The minimum atomic E-state index is -0.338. The van der Waals surface area contributed by atoms with Gasteiger partial charge in [-0.05, 0) is 18.6 Å². The van der Waals surface area contributed by atoms with E-state index in [1.807, 2.05) is 6.07 Å². The number of ether oxygens (including phenoxy) is 1. The number of benzene rings is 1. The standard InChI is InChI=1S/C14H18N4O2/c1-3-5-9-8-12(18-17-9)16-14(19)13-10(15)6-4-7-11(13)20-2/h4,6-8H,3,5,15H2,1-2H3,(H2,16,17,18,19). The molecule has 0 aliphatic rings. The molecule has 0 radical (unpaired) electrons. The molecule has 4 N–H and O–H groups in total. The second-order valence-corrected chi connectivity index (χ2v) is 4.41. The maximum atomic E-state index is 12.3. The summed E-state index contributed by atoms with van der Waals surface area (Å²) in [6, 6.07) is 6.90. The first-order valence-electron chi connectivity index (χ1n) is 6.43. The number of carbonyl (C=O) groups excluding carboxylic acids is 1. The van der Waals surface area contributed by atoms with Gasteiger partial charge in [0.1, 0.15) is 11.3 Å². The van der Waals surface area contributed by atoms with E-state index in [4.69, 9.17) is 10.5 Å². The number of nitrogen functional groups attached to an aromatic ring is 1. The first-order valence-corrected chi connectivity index (χ1v) is 6.43. The Bertz CT molecular complexity index is 607. The Morgan fingerprint density at radius 3 is 3.00 bits per heavy atom. The van der Waals surface area contributed by atoms with Crippen LogP contribution < -0.4 is 15.8 Å². The van der Waals surface area contributed by atoms with E-state index in [1.165, 1.54) is 7.11 Å². The zero-order valence-corrected chi connectivity index (χ0v) is 11.6. The summed E-state index contributed by atoms with van der Waals surface area (Å²) in [7, 11) is 1.50. The lowest BCUT2D eigenvalue weighted by Crippen LogP contribution is -2.15. The zero-order valence-electron chi connectivity index (χ0n) is 11.6. The van der Waals surface area contributed by atoms with Gasteiger partial charge in [-0.1, -0.05) is 19.4 Å². The number of rotatable bonds is 5. The highest BCUT2D eigenvalue weighted by atomic mass is 16.5. The second kappa shape index (κ2) is 6.10. The number of anilines is 2. The van der Waals surface area contributed by atoms with Crippen molar-refractivity contribution in [2.24, 2.45) is 0 Å². The molecule has 2 rings (SSSR count). The Morgan fingerprint density at radius 2 is 2.30 bits per heavy atom. The highest BCUT2D eigenvalue weighted by Crippen LogP contribution is 2.25. The maximum Gasteiger partial charge on any atom is 0.262 e. The molecule has 1 heterocycles. The van der Waals surface area contributed by atoms with Crippen molar-refractivity contribution in [1.82, 2.24) is 10.2 Å². The second-order valence-electron chi connectivity index (χ2n) is 4.41. The first kappa shape index (κ1) is 13.9. The molecule has 0 aliphatic carbocycles. The van der Waals surface area contributed by atoms with Gasteiger partial charge < -0.3 is 15.8 Å². The summed E-state index contributed by atoms with van der Waals surface area (Å²) in [4.78, 5) is 12.3. The van der Waals surface area contributed by atoms with Crippen LogP contribution in [-0.4, -0.2) is 23.2 Å². The Balaban J connectivity index is 2.19. The fraction of sp³-hybridized carbons (Fsp3) is 0.286. The van der Waals surface area contributed by atoms with Crippen LogP contribution in [0.25, 0.3) is 0 Å². The van der Waals surface area contributed by atoms with Gasteiger partial charge in [-0.2, -0.15) is 5.10 Å². The Morgan fingerprint density at radius 1 is 1.50 bits per heavy atom. The number of aromatic amines is 1. The Labute approximate surface area is 117 Å². The van der Waals surface area contributed by atoms with Gasteiger partial charge in [0.25, 0.3) is 5.91 Å². The predicted molar refractivity (Wildman–Crippen MR) is 77.9 cm³/mol. The van der Waals surface area contributed by atoms with Crippen LogP contribution in [0.5, 0.6) is 5.75 Å². The smallest absolute Gasteiger partial charge is 0.262 e. The van der Waals surface area contributed by atoms with Crippen molar-refractivity contribution in [3.05, 3.63) is 35.5 Å². The van der Waals surface area contributed by atoms with E-state index in [9.17, 15) is 4.79 Å². The normalized spacial score (nSPS) is 10.3. The highest BCUT2D eigenvalue weighted by Gasteiger charge is 2.16. The van der Waals surface area contributed by atoms with E-state index in [0.29, 0.717) is 22.8 Å². The molecule has 0 aliphatic heterocycles. The summed E-state index contributed by atoms with van der Waals surface area (Å²) in [5, 5.41) is 9.64. The van der Waals surface area contributed by atoms with E-state index in [0.717, 1.165) is 18.5 Å². The molecular formula is C14H18N4O2. The average Bonchev–Trinajstić information content (AvgIpc) is 2.86. The first-order chi connectivity index (χ1) is 9.65. The number of hydrogen-bond donors (Lipinski definition) is 3. The van der Waals surface area contributed by atoms with Gasteiger partial charge in [-0.15, -0.1) is 0 Å². The molecule has 6 heteroatoms. The molecule has 0 atom stereocenters. The zero-order chi connectivity index (χ0) is 14.5. The number of carbonyl (C=O) groups is 1. The lowest BCUT2D eigenvalue weighted by atomic mass is 10.1. The number of hydrogen-bond acceptors (Lipinski definition) is 4. The third kappa shape index (κ3) is 2.90. The van der Waals surface area contributed by atoms with Crippen molar-refractivity contribution in [1.29, 1.82) is 0 Å². The number of nitrogens with zero attached hydrogens (tertiary/aromatic N) is 1. The summed E-state index contributed by atoms with van der Waals surface area (Å²) in [6.45, 7) is 2.08. The van der Waals surface area contributed by atoms with Crippen LogP contribution in [0.1, 0.15) is 29.4 Å². The van der Waals surface area contributed by atoms with Gasteiger partial charge in [-0.25, -0.2) is 0 Å². The number of methoxy groups -OCH3 is 1. The molecule has 0 saturated heterocycles. The van der Waals surface area contributed by atoms with Crippen molar-refractivity contribution >= 4 is 17.4 Å². The summed E-state index contributed by atoms with van der Waals surface area (Å²) >= 11 is 0. The molecule has 0 saturated carbocycles. The molecule has 6 nitrogen and oxygen atoms in total. The van der Waals surface area contributed by atoms with Crippen molar-refractivity contribution in [2.75, 3.05) is 18.2 Å². The molecule has 1 aromatic carbocycles. The summed E-state index contributed by atoms with van der Waals surface area (Å²) in [5.41, 5.74) is 7.50. The van der Waals surface area contributed by atoms with Crippen LogP contribution in [-0.2, 0) is 6.42 Å². The van der Waals surface area contributed by atoms with Crippen molar-refractivity contribution in [2.45, 2.75) is 19.8 Å². The van der Waals surface area contributed by atoms with Gasteiger partial charge in [0.05, 0.1) is 7.11 Å². The molecule has 1 aromatic heterocycles. The van der Waals surface area contributed by atoms with Gasteiger partial charge in [0.2, 0.25) is 0 Å². The number of nitrogens with two attached hydrogens (primary N) is 1. The van der Waals surface area contributed by atoms with Gasteiger partial charge in [-0.3, -0.25) is 9.89 Å². The quantitative estimate of drug-likeness (QED) is 0.729. The monoisotopic (exact) mass is 274 g/mol. The SMILES string of the molecule is CCCc1cc(NC(=O)c2c(N)cccc2OC)n[nH]1. The summed E-state index contributed by atoms with van der Waals surface area (Å²) < 4.78 is 5.16. The minimum Gasteiger partial charge on any atom is -0.496 e. The molecular weight excluding hydrogens is 256 g/mol. The number of aryl methyl sites for hydroxylation is 1. The topological polar surface area (TPSA) is 93.0 Å². The van der Waals surface area contributed by atoms with E-state index >= 15 is 0 Å². The minimum absolute atomic E-state index is 0.315. The van der Waals surface area contributed by atoms with Crippen LogP contribution in [0.3, 0.4) is 0 Å². The van der Waals surface area contributed by atoms with Gasteiger partial charge in [0.15, 0.2) is 5.82 Å². The molecule has 0 unspecified atom stereocenters. The van der Waals surface area contributed by atoms with Gasteiger partial charge in [0, 0.05) is 17.4 Å². The number of amides is 1. The van der Waals surface area contributed by atoms with Crippen LogP contribution in [0.15, 0.2) is 24.3 Å². The average molecular weight is 274 g/mol. The Hall–Kier alpha value is -2.50. The number of aromatic nitrogens is 2. The van der Waals surface area contributed by atoms with Crippen LogP contribution in [0, 0.1) is 0 Å². The molecule has 106 valence electrons. The molecule has 0 bridgehead atoms. The molecule has 0 fully saturated rings. The third-order valence-electron chi connectivity index (χ3n) is 2.90. The van der Waals surface area contributed by atoms with Crippen LogP contribution in [0.4, 0.5) is 11.5 Å². The number of nitrogens with one attached hydrogen (secondary N) is 2. The lowest BCUT2D eigenvalue weighted by Gasteiger charge is -2.10. The van der Waals surface area contributed by atoms with E-state index < -0.39 is 0 Å². The largest absolute Gasteiger partial charge is 0.496 e. The van der Waals surface area contributed by atoms with Crippen LogP contribution in [0.2, 0.25) is 0 Å². The number of H-pyrrole nitrogens is 1. The predicted octanol–water partition coefficient (Wildman–Crippen LogP) is 2.21. The highest BCUT2D eigenvalue weighted by molar-refractivity contribution is 6.09. The lowest BCUT2D eigenvalue weighted by molar-refractivity contribution is 0.102. The summed E-state index contributed by atoms with van der Waals surface area (Å²) in [6.07, 6.45) is 1.90. The molecule has 0 spiro atoms. The maximum absolute atomic E-state index is 12.3. The molecule has 1 amide bonds. The molecule has 20 heavy (non-hydrogen) atoms. The van der Waals surface area contributed by atoms with E-state index in [-0.39, 0.29) is 5.91 Å². The fourth-order valence-corrected chi connectivity index (χ4v) is 1.96. The fourth-order valence-electron chi connectivity index (χ4n) is 1.96. The van der Waals surface area contributed by atoms with Crippen molar-refractivity contribution in [3.63, 3.8) is 0 Å². The van der Waals surface area contributed by atoms with Crippen LogP contribution >= 0.6 is 0 Å². The third-order valence-corrected chi connectivity index (χ3v) is 2.90. The Kier molecular flexibility index (Phi) is 4.24. The molecule has 2 aromatic rings. The van der Waals surface area contributed by atoms with E-state index in [2.05, 4.69) is 22.4 Å². The van der Waals surface area contributed by atoms with Crippen molar-refractivity contribution in [3.8, 4) is 5.75 Å². The van der Waals surface area contributed by atoms with Gasteiger partial charge >= 0.3 is 0 Å². The van der Waals surface area contributed by atoms with E-state index in [1.54, 1.807) is 18.2 Å².